The minimum absolute atomic E-state index is 0.158. The molecule has 0 unspecified atom stereocenters. The van der Waals surface area contributed by atoms with Gasteiger partial charge in [0, 0.05) is 31.4 Å². The molecule has 144 valence electrons. The fraction of sp³-hybridized carbons (Fsp3) is 0.182. The quantitative estimate of drug-likeness (QED) is 0.459. The normalized spacial score (nSPS) is 10.9. The summed E-state index contributed by atoms with van der Waals surface area (Å²) in [5, 5.41) is 2.87. The van der Waals surface area contributed by atoms with Crippen LogP contribution in [0.2, 0.25) is 0 Å². The molecule has 1 aromatic carbocycles. The second kappa shape index (κ2) is 9.41. The first-order chi connectivity index (χ1) is 13.7. The lowest BCUT2D eigenvalue weighted by Crippen LogP contribution is -2.23. The molecule has 3 aromatic rings. The Bertz CT molecular complexity index is 959. The molecular formula is C22H23N3O3. The predicted octanol–water partition coefficient (Wildman–Crippen LogP) is 3.28. The van der Waals surface area contributed by atoms with E-state index in [1.807, 2.05) is 53.2 Å². The lowest BCUT2D eigenvalue weighted by atomic mass is 10.2. The highest BCUT2D eigenvalue weighted by atomic mass is 16.5. The Morgan fingerprint density at radius 2 is 2.18 bits per heavy atom. The fourth-order valence-electron chi connectivity index (χ4n) is 2.71. The van der Waals surface area contributed by atoms with Gasteiger partial charge in [0.25, 0.3) is 0 Å². The second-order valence-corrected chi connectivity index (χ2v) is 6.08. The van der Waals surface area contributed by atoms with E-state index >= 15 is 0 Å². The van der Waals surface area contributed by atoms with Crippen LogP contribution in [0.4, 0.5) is 0 Å². The number of aromatic nitrogens is 2. The Labute approximate surface area is 164 Å². The van der Waals surface area contributed by atoms with E-state index in [0.717, 1.165) is 16.9 Å². The summed E-state index contributed by atoms with van der Waals surface area (Å²) < 4.78 is 12.8. The maximum Gasteiger partial charge on any atom is 0.244 e. The number of benzene rings is 1. The van der Waals surface area contributed by atoms with E-state index in [1.54, 1.807) is 19.3 Å². The molecule has 0 aliphatic rings. The molecular weight excluding hydrogens is 354 g/mol. The number of methoxy groups -OCH3 is 1. The average Bonchev–Trinajstić information content (AvgIpc) is 3.13. The number of carbonyl (C=O) groups excluding carboxylic acids is 1. The maximum absolute atomic E-state index is 12.1. The van der Waals surface area contributed by atoms with Crippen molar-refractivity contribution in [2.75, 3.05) is 20.3 Å². The van der Waals surface area contributed by atoms with Crippen molar-refractivity contribution in [3.8, 4) is 11.5 Å². The standard InChI is InChI=1S/C22H23N3O3/c1-3-14-28-19-9-7-17(15-20(19)27-2)8-10-22(26)23-12-11-18-16-25-13-5-4-6-21(25)24-18/h3-10,13,15-16H,1,11-12,14H2,2H3,(H,23,26)/b10-8+. The molecule has 1 amide bonds. The van der Waals surface area contributed by atoms with Crippen LogP contribution in [0.15, 0.2) is 67.5 Å². The zero-order valence-corrected chi connectivity index (χ0v) is 15.8. The topological polar surface area (TPSA) is 64.9 Å². The molecule has 0 spiro atoms. The molecule has 0 atom stereocenters. The smallest absolute Gasteiger partial charge is 0.244 e. The highest BCUT2D eigenvalue weighted by Crippen LogP contribution is 2.28. The van der Waals surface area contributed by atoms with Crippen molar-refractivity contribution in [3.05, 3.63) is 78.8 Å². The van der Waals surface area contributed by atoms with Crippen LogP contribution in [0.3, 0.4) is 0 Å². The number of carbonyl (C=O) groups is 1. The van der Waals surface area contributed by atoms with E-state index in [4.69, 9.17) is 9.47 Å². The van der Waals surface area contributed by atoms with Crippen LogP contribution in [0.5, 0.6) is 11.5 Å². The van der Waals surface area contributed by atoms with Gasteiger partial charge in [0.05, 0.1) is 12.8 Å². The summed E-state index contributed by atoms with van der Waals surface area (Å²) in [6, 6.07) is 11.3. The van der Waals surface area contributed by atoms with Crippen LogP contribution in [0, 0.1) is 0 Å². The summed E-state index contributed by atoms with van der Waals surface area (Å²) in [4.78, 5) is 16.6. The minimum Gasteiger partial charge on any atom is -0.493 e. The third-order valence-corrected chi connectivity index (χ3v) is 4.07. The number of amides is 1. The van der Waals surface area contributed by atoms with Crippen molar-refractivity contribution in [1.82, 2.24) is 14.7 Å². The van der Waals surface area contributed by atoms with Gasteiger partial charge in [-0.15, -0.1) is 0 Å². The van der Waals surface area contributed by atoms with Gasteiger partial charge >= 0.3 is 0 Å². The van der Waals surface area contributed by atoms with Crippen molar-refractivity contribution < 1.29 is 14.3 Å². The van der Waals surface area contributed by atoms with Crippen molar-refractivity contribution in [3.63, 3.8) is 0 Å². The van der Waals surface area contributed by atoms with Gasteiger partial charge in [-0.3, -0.25) is 4.79 Å². The van der Waals surface area contributed by atoms with Gasteiger partial charge < -0.3 is 19.2 Å². The first-order valence-electron chi connectivity index (χ1n) is 9.00. The molecule has 0 fully saturated rings. The summed E-state index contributed by atoms with van der Waals surface area (Å²) in [6.07, 6.45) is 9.51. The van der Waals surface area contributed by atoms with Crippen LogP contribution in [-0.4, -0.2) is 35.6 Å². The zero-order valence-electron chi connectivity index (χ0n) is 15.8. The summed E-state index contributed by atoms with van der Waals surface area (Å²) in [6.45, 7) is 4.55. The highest BCUT2D eigenvalue weighted by molar-refractivity contribution is 5.91. The molecule has 0 aliphatic carbocycles. The van der Waals surface area contributed by atoms with Crippen molar-refractivity contribution in [2.45, 2.75) is 6.42 Å². The number of rotatable bonds is 9. The molecule has 0 saturated carbocycles. The molecule has 28 heavy (non-hydrogen) atoms. The molecule has 0 saturated heterocycles. The van der Waals surface area contributed by atoms with Crippen molar-refractivity contribution >= 4 is 17.6 Å². The van der Waals surface area contributed by atoms with Gasteiger partial charge in [-0.2, -0.15) is 0 Å². The lowest BCUT2D eigenvalue weighted by molar-refractivity contribution is -0.116. The summed E-state index contributed by atoms with van der Waals surface area (Å²) in [5.41, 5.74) is 2.69. The van der Waals surface area contributed by atoms with E-state index in [0.29, 0.717) is 31.1 Å². The maximum atomic E-state index is 12.1. The van der Waals surface area contributed by atoms with E-state index in [1.165, 1.54) is 6.08 Å². The summed E-state index contributed by atoms with van der Waals surface area (Å²) in [5.74, 6) is 1.09. The number of ether oxygens (including phenoxy) is 2. The van der Waals surface area contributed by atoms with Gasteiger partial charge in [-0.05, 0) is 35.9 Å². The monoisotopic (exact) mass is 377 g/mol. The number of fused-ring (bicyclic) bond motifs is 1. The van der Waals surface area contributed by atoms with Gasteiger partial charge in [-0.25, -0.2) is 4.98 Å². The molecule has 6 heteroatoms. The average molecular weight is 377 g/mol. The van der Waals surface area contributed by atoms with Crippen LogP contribution in [0.1, 0.15) is 11.3 Å². The Balaban J connectivity index is 1.52. The lowest BCUT2D eigenvalue weighted by Gasteiger charge is -2.09. The number of imidazole rings is 1. The van der Waals surface area contributed by atoms with Gasteiger partial charge in [0.15, 0.2) is 11.5 Å². The van der Waals surface area contributed by atoms with E-state index in [9.17, 15) is 4.79 Å². The van der Waals surface area contributed by atoms with Crippen LogP contribution in [-0.2, 0) is 11.2 Å². The van der Waals surface area contributed by atoms with Crippen LogP contribution >= 0.6 is 0 Å². The molecule has 2 aromatic heterocycles. The van der Waals surface area contributed by atoms with Gasteiger partial charge in [0.2, 0.25) is 5.91 Å². The second-order valence-electron chi connectivity index (χ2n) is 6.08. The molecule has 0 radical (unpaired) electrons. The predicted molar refractivity (Wildman–Crippen MR) is 110 cm³/mol. The van der Waals surface area contributed by atoms with Gasteiger partial charge in [-0.1, -0.05) is 24.8 Å². The number of nitrogens with one attached hydrogen (secondary N) is 1. The first kappa shape index (κ1) is 19.2. The molecule has 0 bridgehead atoms. The molecule has 0 aliphatic heterocycles. The largest absolute Gasteiger partial charge is 0.493 e. The fourth-order valence-corrected chi connectivity index (χ4v) is 2.71. The summed E-state index contributed by atoms with van der Waals surface area (Å²) in [7, 11) is 1.58. The number of nitrogens with zero attached hydrogens (tertiary/aromatic N) is 2. The molecule has 6 nitrogen and oxygen atoms in total. The number of hydrogen-bond donors (Lipinski definition) is 1. The molecule has 3 rings (SSSR count). The van der Waals surface area contributed by atoms with Crippen molar-refractivity contribution in [2.24, 2.45) is 0 Å². The Morgan fingerprint density at radius 1 is 1.29 bits per heavy atom. The summed E-state index contributed by atoms with van der Waals surface area (Å²) >= 11 is 0. The van der Waals surface area contributed by atoms with E-state index in [2.05, 4.69) is 16.9 Å². The van der Waals surface area contributed by atoms with E-state index in [-0.39, 0.29) is 5.91 Å². The van der Waals surface area contributed by atoms with E-state index < -0.39 is 0 Å². The number of pyridine rings is 1. The zero-order chi connectivity index (χ0) is 19.8. The Hall–Kier alpha value is -3.54. The molecule has 1 N–H and O–H groups in total. The van der Waals surface area contributed by atoms with Crippen LogP contribution in [0.25, 0.3) is 11.7 Å². The highest BCUT2D eigenvalue weighted by Gasteiger charge is 2.05. The SMILES string of the molecule is C=CCOc1ccc(/C=C/C(=O)NCCc2cn3ccccc3n2)cc1OC. The third kappa shape index (κ3) is 5.01. The first-order valence-corrected chi connectivity index (χ1v) is 9.00. The van der Waals surface area contributed by atoms with Crippen LogP contribution < -0.4 is 14.8 Å². The minimum atomic E-state index is -0.158. The van der Waals surface area contributed by atoms with Gasteiger partial charge in [0.1, 0.15) is 12.3 Å². The van der Waals surface area contributed by atoms with Crippen molar-refractivity contribution in [1.29, 1.82) is 0 Å². The Morgan fingerprint density at radius 3 is 2.96 bits per heavy atom. The Kier molecular flexibility index (Phi) is 6.46. The molecule has 2 heterocycles. The number of hydrogen-bond acceptors (Lipinski definition) is 4. The third-order valence-electron chi connectivity index (χ3n) is 4.07.